The van der Waals surface area contributed by atoms with E-state index in [4.69, 9.17) is 31.2 Å². The Morgan fingerprint density at radius 3 is 2.25 bits per heavy atom. The van der Waals surface area contributed by atoms with Crippen molar-refractivity contribution in [1.82, 2.24) is 0 Å². The highest BCUT2D eigenvalue weighted by Crippen LogP contribution is 2.35. The third-order valence-electron chi connectivity index (χ3n) is 3.79. The maximum atomic E-state index is 12.2. The molecule has 1 aromatic heterocycles. The molecule has 10 heteroatoms. The molecule has 0 atom stereocenters. The average Bonchev–Trinajstić information content (AvgIpc) is 3.02. The van der Waals surface area contributed by atoms with Crippen LogP contribution in [-0.2, 0) is 9.47 Å². The molecule has 0 aliphatic heterocycles. The van der Waals surface area contributed by atoms with Crippen LogP contribution in [0.2, 0.25) is 0 Å². The number of rotatable bonds is 6. The molecule has 8 nitrogen and oxygen atoms in total. The Bertz CT molecular complexity index is 910. The first-order valence-corrected chi connectivity index (χ1v) is 9.18. The maximum absolute atomic E-state index is 12.2. The van der Waals surface area contributed by atoms with Gasteiger partial charge in [-0.25, -0.2) is 9.59 Å². The van der Waals surface area contributed by atoms with Gasteiger partial charge < -0.3 is 29.6 Å². The van der Waals surface area contributed by atoms with Crippen molar-refractivity contribution in [3.05, 3.63) is 34.2 Å². The second-order valence-electron chi connectivity index (χ2n) is 5.39. The minimum absolute atomic E-state index is 0.200. The first kappa shape index (κ1) is 21.5. The average molecular weight is 425 g/mol. The van der Waals surface area contributed by atoms with Crippen LogP contribution in [-0.4, -0.2) is 45.5 Å². The van der Waals surface area contributed by atoms with Gasteiger partial charge in [0.25, 0.3) is 0 Å². The molecule has 0 aliphatic rings. The minimum Gasteiger partial charge on any atom is -0.497 e. The fraction of sp³-hybridized carbons (Fsp3) is 0.278. The van der Waals surface area contributed by atoms with Gasteiger partial charge in [-0.15, -0.1) is 11.3 Å². The van der Waals surface area contributed by atoms with Gasteiger partial charge in [0.15, 0.2) is 5.11 Å². The van der Waals surface area contributed by atoms with Crippen molar-refractivity contribution in [2.75, 3.05) is 39.1 Å². The number of nitrogens with one attached hydrogen (secondary N) is 2. The van der Waals surface area contributed by atoms with Crippen molar-refractivity contribution in [3.8, 4) is 11.5 Å². The fourth-order valence-electron chi connectivity index (χ4n) is 2.40. The van der Waals surface area contributed by atoms with Crippen LogP contribution in [0.3, 0.4) is 0 Å². The number of methoxy groups -OCH3 is 4. The molecular weight excluding hydrogens is 404 g/mol. The lowest BCUT2D eigenvalue weighted by molar-refractivity contribution is 0.0601. The zero-order valence-corrected chi connectivity index (χ0v) is 17.6. The molecule has 0 saturated carbocycles. The van der Waals surface area contributed by atoms with Gasteiger partial charge in [-0.05, 0) is 36.8 Å². The SMILES string of the molecule is COC(=O)c1sc(NC(=S)Nc2ccc(OC)cc2OC)c(C(=O)OC)c1C. The third kappa shape index (κ3) is 4.52. The summed E-state index contributed by atoms with van der Waals surface area (Å²) in [6, 6.07) is 5.19. The lowest BCUT2D eigenvalue weighted by Crippen LogP contribution is -2.20. The molecule has 1 heterocycles. The van der Waals surface area contributed by atoms with E-state index in [1.54, 1.807) is 32.2 Å². The molecule has 0 radical (unpaired) electrons. The zero-order valence-electron chi connectivity index (χ0n) is 16.0. The van der Waals surface area contributed by atoms with Crippen molar-refractivity contribution < 1.29 is 28.5 Å². The van der Waals surface area contributed by atoms with E-state index < -0.39 is 11.9 Å². The van der Waals surface area contributed by atoms with Crippen molar-refractivity contribution in [3.63, 3.8) is 0 Å². The van der Waals surface area contributed by atoms with E-state index in [9.17, 15) is 9.59 Å². The first-order valence-electron chi connectivity index (χ1n) is 7.96. The van der Waals surface area contributed by atoms with Crippen molar-refractivity contribution in [2.45, 2.75) is 6.92 Å². The van der Waals surface area contributed by atoms with Crippen LogP contribution in [0.4, 0.5) is 10.7 Å². The van der Waals surface area contributed by atoms with E-state index in [0.717, 1.165) is 11.3 Å². The lowest BCUT2D eigenvalue weighted by atomic mass is 10.1. The Morgan fingerprint density at radius 2 is 1.68 bits per heavy atom. The summed E-state index contributed by atoms with van der Waals surface area (Å²) in [6.07, 6.45) is 0. The number of thiocarbonyl (C=S) groups is 1. The Kier molecular flexibility index (Phi) is 7.18. The van der Waals surface area contributed by atoms with Gasteiger partial charge in [0.05, 0.1) is 39.7 Å². The molecule has 0 bridgehead atoms. The number of hydrogen-bond donors (Lipinski definition) is 2. The number of esters is 2. The van der Waals surface area contributed by atoms with Crippen LogP contribution in [0.15, 0.2) is 18.2 Å². The summed E-state index contributed by atoms with van der Waals surface area (Å²) in [4.78, 5) is 24.4. The summed E-state index contributed by atoms with van der Waals surface area (Å²) >= 11 is 6.40. The molecule has 1 aromatic carbocycles. The standard InChI is InChI=1S/C18H20N2O6S2/c1-9-13(16(21)25-4)15(28-14(9)17(22)26-5)20-18(27)19-11-7-6-10(23-2)8-12(11)24-3/h6-8H,1-5H3,(H2,19,20,27). The molecule has 150 valence electrons. The number of carbonyl (C=O) groups is 2. The molecule has 0 spiro atoms. The summed E-state index contributed by atoms with van der Waals surface area (Å²) < 4.78 is 20.1. The van der Waals surface area contributed by atoms with Crippen LogP contribution in [0, 0.1) is 6.92 Å². The molecule has 0 unspecified atom stereocenters. The van der Waals surface area contributed by atoms with Gasteiger partial charge in [-0.2, -0.15) is 0 Å². The molecule has 2 rings (SSSR count). The highest BCUT2D eigenvalue weighted by atomic mass is 32.1. The smallest absolute Gasteiger partial charge is 0.348 e. The van der Waals surface area contributed by atoms with E-state index in [-0.39, 0.29) is 15.6 Å². The Labute approximate surface area is 171 Å². The van der Waals surface area contributed by atoms with Crippen molar-refractivity contribution in [2.24, 2.45) is 0 Å². The van der Waals surface area contributed by atoms with E-state index in [0.29, 0.717) is 27.8 Å². The van der Waals surface area contributed by atoms with Crippen LogP contribution in [0.1, 0.15) is 25.6 Å². The summed E-state index contributed by atoms with van der Waals surface area (Å²) in [5.74, 6) is 0.0211. The van der Waals surface area contributed by atoms with Gasteiger partial charge in [-0.3, -0.25) is 0 Å². The number of ether oxygens (including phenoxy) is 4. The second kappa shape index (κ2) is 9.38. The molecule has 0 aliphatic carbocycles. The summed E-state index contributed by atoms with van der Waals surface area (Å²) in [5.41, 5.74) is 1.27. The predicted octanol–water partition coefficient (Wildman–Crippen LogP) is 3.46. The molecule has 0 saturated heterocycles. The Morgan fingerprint density at radius 1 is 1.00 bits per heavy atom. The van der Waals surface area contributed by atoms with Gasteiger partial charge >= 0.3 is 11.9 Å². The minimum atomic E-state index is -0.587. The van der Waals surface area contributed by atoms with Gasteiger partial charge in [0, 0.05) is 6.07 Å². The lowest BCUT2D eigenvalue weighted by Gasteiger charge is -2.14. The number of hydrogen-bond acceptors (Lipinski definition) is 8. The molecule has 28 heavy (non-hydrogen) atoms. The Hall–Kier alpha value is -2.85. The number of carbonyl (C=O) groups excluding carboxylic acids is 2. The van der Waals surface area contributed by atoms with E-state index in [1.807, 2.05) is 0 Å². The quantitative estimate of drug-likeness (QED) is 0.534. The molecule has 0 fully saturated rings. The van der Waals surface area contributed by atoms with Gasteiger partial charge in [0.1, 0.15) is 21.4 Å². The van der Waals surface area contributed by atoms with Crippen LogP contribution >= 0.6 is 23.6 Å². The Balaban J connectivity index is 2.31. The fourth-order valence-corrected chi connectivity index (χ4v) is 3.79. The first-order chi connectivity index (χ1) is 13.4. The van der Waals surface area contributed by atoms with Gasteiger partial charge in [0.2, 0.25) is 0 Å². The molecule has 2 aromatic rings. The van der Waals surface area contributed by atoms with E-state index in [2.05, 4.69) is 10.6 Å². The van der Waals surface area contributed by atoms with Crippen LogP contribution in [0.25, 0.3) is 0 Å². The highest BCUT2D eigenvalue weighted by Gasteiger charge is 2.26. The van der Waals surface area contributed by atoms with E-state index >= 15 is 0 Å². The molecule has 0 amide bonds. The highest BCUT2D eigenvalue weighted by molar-refractivity contribution is 7.80. The number of anilines is 2. The van der Waals surface area contributed by atoms with Gasteiger partial charge in [-0.1, -0.05) is 0 Å². The molecule has 2 N–H and O–H groups in total. The normalized spacial score (nSPS) is 10.0. The predicted molar refractivity (Wildman–Crippen MR) is 111 cm³/mol. The van der Waals surface area contributed by atoms with E-state index in [1.165, 1.54) is 21.3 Å². The summed E-state index contributed by atoms with van der Waals surface area (Å²) in [6.45, 7) is 1.64. The van der Waals surface area contributed by atoms with Crippen molar-refractivity contribution in [1.29, 1.82) is 0 Å². The summed E-state index contributed by atoms with van der Waals surface area (Å²) in [7, 11) is 5.62. The number of benzene rings is 1. The number of thiophene rings is 1. The topological polar surface area (TPSA) is 95.1 Å². The largest absolute Gasteiger partial charge is 0.497 e. The zero-order chi connectivity index (χ0) is 20.8. The third-order valence-corrected chi connectivity index (χ3v) is 5.18. The monoisotopic (exact) mass is 424 g/mol. The van der Waals surface area contributed by atoms with Crippen LogP contribution < -0.4 is 20.1 Å². The maximum Gasteiger partial charge on any atom is 0.348 e. The summed E-state index contributed by atoms with van der Waals surface area (Å²) in [5, 5.41) is 6.50. The van der Waals surface area contributed by atoms with Crippen LogP contribution in [0.5, 0.6) is 11.5 Å². The molecular formula is C18H20N2O6S2. The second-order valence-corrected chi connectivity index (χ2v) is 6.82. The van der Waals surface area contributed by atoms with Crippen molar-refractivity contribution >= 4 is 51.3 Å².